The lowest BCUT2D eigenvalue weighted by atomic mass is 9.90. The van der Waals surface area contributed by atoms with Crippen LogP contribution in [0.2, 0.25) is 0 Å². The third-order valence-electron chi connectivity index (χ3n) is 3.10. The first-order valence-electron chi connectivity index (χ1n) is 6.01. The lowest BCUT2D eigenvalue weighted by Gasteiger charge is -2.22. The SMILES string of the molecule is CC1(C)COC(=O)C1OC(=O)c1ccccc1C(=O)[O-]. The molecule has 1 aliphatic rings. The van der Waals surface area contributed by atoms with E-state index in [0.29, 0.717) is 0 Å². The molecule has 0 saturated carbocycles. The van der Waals surface area contributed by atoms with Gasteiger partial charge in [0.05, 0.1) is 11.5 Å². The van der Waals surface area contributed by atoms with Crippen LogP contribution in [0.3, 0.4) is 0 Å². The van der Waals surface area contributed by atoms with Crippen LogP contribution in [-0.2, 0) is 14.3 Å². The van der Waals surface area contributed by atoms with Crippen LogP contribution in [0.25, 0.3) is 0 Å². The molecule has 6 heteroatoms. The third-order valence-corrected chi connectivity index (χ3v) is 3.10. The van der Waals surface area contributed by atoms with E-state index in [1.807, 2.05) is 0 Å². The zero-order valence-electron chi connectivity index (χ0n) is 11.0. The van der Waals surface area contributed by atoms with Crippen molar-refractivity contribution < 1.29 is 29.0 Å². The zero-order valence-corrected chi connectivity index (χ0v) is 11.0. The quantitative estimate of drug-likeness (QED) is 0.731. The molecule has 0 radical (unpaired) electrons. The highest BCUT2D eigenvalue weighted by molar-refractivity contribution is 6.02. The standard InChI is InChI=1S/C14H14O6/c1-14(2)7-19-13(18)10(14)20-12(17)9-6-4-3-5-8(9)11(15)16/h3-6,10H,7H2,1-2H3,(H,15,16)/p-1. The van der Waals surface area contributed by atoms with Gasteiger partial charge in [0, 0.05) is 11.0 Å². The van der Waals surface area contributed by atoms with Crippen LogP contribution in [0.4, 0.5) is 0 Å². The highest BCUT2D eigenvalue weighted by atomic mass is 16.6. The van der Waals surface area contributed by atoms with Crippen molar-refractivity contribution in [1.82, 2.24) is 0 Å². The first-order valence-corrected chi connectivity index (χ1v) is 6.01. The average molecular weight is 277 g/mol. The van der Waals surface area contributed by atoms with Gasteiger partial charge in [0.25, 0.3) is 0 Å². The number of hydrogen-bond acceptors (Lipinski definition) is 6. The summed E-state index contributed by atoms with van der Waals surface area (Å²) in [6.45, 7) is 3.59. The van der Waals surface area contributed by atoms with Crippen LogP contribution in [0, 0.1) is 5.41 Å². The molecule has 0 spiro atoms. The number of carbonyl (C=O) groups excluding carboxylic acids is 3. The highest BCUT2D eigenvalue weighted by Gasteiger charge is 2.46. The van der Waals surface area contributed by atoms with Gasteiger partial charge in [0.1, 0.15) is 6.61 Å². The molecule has 20 heavy (non-hydrogen) atoms. The Labute approximate surface area is 115 Å². The smallest absolute Gasteiger partial charge is 0.348 e. The number of carboxylic acids is 1. The van der Waals surface area contributed by atoms with Gasteiger partial charge >= 0.3 is 11.9 Å². The predicted molar refractivity (Wildman–Crippen MR) is 64.7 cm³/mol. The molecule has 1 fully saturated rings. The molecule has 1 aromatic carbocycles. The number of rotatable bonds is 3. The summed E-state index contributed by atoms with van der Waals surface area (Å²) < 4.78 is 9.96. The van der Waals surface area contributed by atoms with Crippen LogP contribution in [0.1, 0.15) is 34.6 Å². The van der Waals surface area contributed by atoms with E-state index in [2.05, 4.69) is 0 Å². The Morgan fingerprint density at radius 2 is 1.90 bits per heavy atom. The molecule has 1 atom stereocenters. The Morgan fingerprint density at radius 1 is 1.30 bits per heavy atom. The largest absolute Gasteiger partial charge is 0.545 e. The topological polar surface area (TPSA) is 92.7 Å². The van der Waals surface area contributed by atoms with Crippen molar-refractivity contribution in [2.24, 2.45) is 5.41 Å². The summed E-state index contributed by atoms with van der Waals surface area (Å²) in [4.78, 5) is 34.5. The Bertz CT molecular complexity index is 575. The molecule has 0 amide bonds. The molecule has 1 unspecified atom stereocenters. The third kappa shape index (κ3) is 2.49. The van der Waals surface area contributed by atoms with Crippen molar-refractivity contribution >= 4 is 17.9 Å². The van der Waals surface area contributed by atoms with Gasteiger partial charge in [-0.25, -0.2) is 9.59 Å². The molecule has 0 aliphatic carbocycles. The van der Waals surface area contributed by atoms with Crippen molar-refractivity contribution in [2.45, 2.75) is 20.0 Å². The maximum atomic E-state index is 12.0. The molecule has 0 N–H and O–H groups in total. The Morgan fingerprint density at radius 3 is 2.40 bits per heavy atom. The number of carbonyl (C=O) groups is 3. The number of aromatic carboxylic acids is 1. The van der Waals surface area contributed by atoms with Gasteiger partial charge in [-0.2, -0.15) is 0 Å². The fraction of sp³-hybridized carbons (Fsp3) is 0.357. The summed E-state index contributed by atoms with van der Waals surface area (Å²) in [7, 11) is 0. The maximum Gasteiger partial charge on any atom is 0.348 e. The van der Waals surface area contributed by atoms with Gasteiger partial charge in [0.15, 0.2) is 0 Å². The van der Waals surface area contributed by atoms with Crippen molar-refractivity contribution in [1.29, 1.82) is 0 Å². The maximum absolute atomic E-state index is 12.0. The summed E-state index contributed by atoms with van der Waals surface area (Å²) in [5.41, 5.74) is -1.08. The number of carboxylic acid groups (broad SMARTS) is 1. The van der Waals surface area contributed by atoms with Crippen molar-refractivity contribution in [3.8, 4) is 0 Å². The summed E-state index contributed by atoms with van der Waals surface area (Å²) in [5, 5.41) is 10.9. The van der Waals surface area contributed by atoms with Crippen LogP contribution < -0.4 is 5.11 Å². The van der Waals surface area contributed by atoms with Crippen LogP contribution in [-0.4, -0.2) is 30.6 Å². The molecule has 1 heterocycles. The van der Waals surface area contributed by atoms with E-state index in [1.54, 1.807) is 13.8 Å². The summed E-state index contributed by atoms with van der Waals surface area (Å²) in [6.07, 6.45) is -1.05. The van der Waals surface area contributed by atoms with E-state index in [1.165, 1.54) is 24.3 Å². The zero-order chi connectivity index (χ0) is 14.9. The number of benzene rings is 1. The summed E-state index contributed by atoms with van der Waals surface area (Å²) in [5.74, 6) is -3.00. The Balaban J connectivity index is 2.25. The average Bonchev–Trinajstić information content (AvgIpc) is 2.65. The van der Waals surface area contributed by atoms with Gasteiger partial charge in [-0.3, -0.25) is 0 Å². The molecule has 0 bridgehead atoms. The predicted octanol–water partition coefficient (Wildman–Crippen LogP) is 0.159. The first kappa shape index (κ1) is 14.0. The molecular weight excluding hydrogens is 264 g/mol. The van der Waals surface area contributed by atoms with Gasteiger partial charge in [-0.1, -0.05) is 32.0 Å². The van der Waals surface area contributed by atoms with Gasteiger partial charge < -0.3 is 19.4 Å². The number of hydrogen-bond donors (Lipinski definition) is 0. The minimum Gasteiger partial charge on any atom is -0.545 e. The van der Waals surface area contributed by atoms with E-state index in [0.717, 1.165) is 0 Å². The van der Waals surface area contributed by atoms with Crippen molar-refractivity contribution in [3.63, 3.8) is 0 Å². The first-order chi connectivity index (χ1) is 9.33. The molecule has 106 valence electrons. The molecule has 0 aromatic heterocycles. The van der Waals surface area contributed by atoms with Crippen LogP contribution >= 0.6 is 0 Å². The Hall–Kier alpha value is -2.37. The van der Waals surface area contributed by atoms with E-state index in [9.17, 15) is 19.5 Å². The second-order valence-electron chi connectivity index (χ2n) is 5.21. The van der Waals surface area contributed by atoms with E-state index in [4.69, 9.17) is 9.47 Å². The highest BCUT2D eigenvalue weighted by Crippen LogP contribution is 2.31. The van der Waals surface area contributed by atoms with Gasteiger partial charge in [-0.05, 0) is 6.07 Å². The molecule has 2 rings (SSSR count). The minimum atomic E-state index is -1.48. The van der Waals surface area contributed by atoms with Crippen LogP contribution in [0.15, 0.2) is 24.3 Å². The van der Waals surface area contributed by atoms with Crippen molar-refractivity contribution in [2.75, 3.05) is 6.61 Å². The van der Waals surface area contributed by atoms with Gasteiger partial charge in [-0.15, -0.1) is 0 Å². The lowest BCUT2D eigenvalue weighted by molar-refractivity contribution is -0.255. The number of cyclic esters (lactones) is 1. The Kier molecular flexibility index (Phi) is 3.48. The fourth-order valence-corrected chi connectivity index (χ4v) is 1.94. The van der Waals surface area contributed by atoms with E-state index >= 15 is 0 Å². The molecule has 6 nitrogen and oxygen atoms in total. The normalized spacial score (nSPS) is 20.3. The molecule has 1 saturated heterocycles. The minimum absolute atomic E-state index is 0.145. The second kappa shape index (κ2) is 4.96. The second-order valence-corrected chi connectivity index (χ2v) is 5.21. The number of ether oxygens (including phenoxy) is 2. The number of esters is 2. The van der Waals surface area contributed by atoms with Gasteiger partial charge in [0.2, 0.25) is 6.10 Å². The molecule has 1 aromatic rings. The lowest BCUT2D eigenvalue weighted by Crippen LogP contribution is -2.35. The van der Waals surface area contributed by atoms with E-state index in [-0.39, 0.29) is 17.7 Å². The monoisotopic (exact) mass is 277 g/mol. The molecule has 1 aliphatic heterocycles. The van der Waals surface area contributed by atoms with Crippen molar-refractivity contribution in [3.05, 3.63) is 35.4 Å². The van der Waals surface area contributed by atoms with E-state index < -0.39 is 29.4 Å². The summed E-state index contributed by atoms with van der Waals surface area (Å²) in [6, 6.07) is 5.52. The summed E-state index contributed by atoms with van der Waals surface area (Å²) >= 11 is 0. The molecular formula is C14H13O6-. The fourth-order valence-electron chi connectivity index (χ4n) is 1.94. The van der Waals surface area contributed by atoms with Crippen LogP contribution in [0.5, 0.6) is 0 Å².